The van der Waals surface area contributed by atoms with Gasteiger partial charge in [0.25, 0.3) is 0 Å². The van der Waals surface area contributed by atoms with Crippen LogP contribution in [0.3, 0.4) is 0 Å². The van der Waals surface area contributed by atoms with E-state index in [2.05, 4.69) is 42.6 Å². The molecule has 2 rings (SSSR count). The summed E-state index contributed by atoms with van der Waals surface area (Å²) in [6.45, 7) is 4.37. The minimum absolute atomic E-state index is 0.699. The summed E-state index contributed by atoms with van der Waals surface area (Å²) in [4.78, 5) is 2.42. The highest BCUT2D eigenvalue weighted by atomic mass is 35.5. The summed E-state index contributed by atoms with van der Waals surface area (Å²) in [7, 11) is 1.70. The van der Waals surface area contributed by atoms with E-state index in [1.165, 1.54) is 15.4 Å². The molecule has 0 radical (unpaired) electrons. The van der Waals surface area contributed by atoms with Crippen molar-refractivity contribution >= 4 is 23.4 Å². The molecule has 0 aliphatic carbocycles. The monoisotopic (exact) mass is 321 g/mol. The standard InChI is InChI=1S/C17H20ClNOS/c1-13-5-3-6-14(11-13)21-17-8-4-7-16(18)15(17)12-19-9-10-20-2/h3-8,11,19H,9-10,12H2,1-2H3. The van der Waals surface area contributed by atoms with Crippen molar-refractivity contribution in [2.45, 2.75) is 23.3 Å². The van der Waals surface area contributed by atoms with E-state index in [1.54, 1.807) is 18.9 Å². The van der Waals surface area contributed by atoms with Crippen LogP contribution in [-0.4, -0.2) is 20.3 Å². The Hall–Kier alpha value is -1.00. The maximum Gasteiger partial charge on any atom is 0.0587 e. The van der Waals surface area contributed by atoms with Crippen molar-refractivity contribution in [3.05, 3.63) is 58.6 Å². The molecule has 0 amide bonds. The first-order valence-corrected chi connectivity index (χ1v) is 8.11. The van der Waals surface area contributed by atoms with Crippen LogP contribution in [0.5, 0.6) is 0 Å². The maximum absolute atomic E-state index is 6.36. The van der Waals surface area contributed by atoms with Crippen molar-refractivity contribution in [1.82, 2.24) is 5.32 Å². The molecule has 112 valence electrons. The summed E-state index contributed by atoms with van der Waals surface area (Å²) < 4.78 is 5.05. The van der Waals surface area contributed by atoms with Gasteiger partial charge >= 0.3 is 0 Å². The Kier molecular flexibility index (Phi) is 6.58. The second-order valence-corrected chi connectivity index (χ2v) is 6.33. The minimum Gasteiger partial charge on any atom is -0.383 e. The van der Waals surface area contributed by atoms with Crippen LogP contribution in [-0.2, 0) is 11.3 Å². The number of hydrogen-bond acceptors (Lipinski definition) is 3. The summed E-state index contributed by atoms with van der Waals surface area (Å²) in [5, 5.41) is 4.16. The van der Waals surface area contributed by atoms with Gasteiger partial charge in [0.05, 0.1) is 6.61 Å². The lowest BCUT2D eigenvalue weighted by molar-refractivity contribution is 0.199. The van der Waals surface area contributed by atoms with Gasteiger partial charge in [-0.25, -0.2) is 0 Å². The third-order valence-corrected chi connectivity index (χ3v) is 4.52. The predicted molar refractivity (Wildman–Crippen MR) is 90.3 cm³/mol. The van der Waals surface area contributed by atoms with Gasteiger partial charge in [-0.1, -0.05) is 47.1 Å². The molecule has 1 N–H and O–H groups in total. The normalized spacial score (nSPS) is 10.8. The van der Waals surface area contributed by atoms with Gasteiger partial charge in [0, 0.05) is 35.0 Å². The minimum atomic E-state index is 0.699. The Morgan fingerprint density at radius 2 is 2.00 bits per heavy atom. The second-order valence-electron chi connectivity index (χ2n) is 4.80. The molecule has 0 aliphatic rings. The van der Waals surface area contributed by atoms with E-state index in [-0.39, 0.29) is 0 Å². The van der Waals surface area contributed by atoms with Crippen LogP contribution < -0.4 is 5.32 Å². The Balaban J connectivity index is 2.13. The number of nitrogens with one attached hydrogen (secondary N) is 1. The number of methoxy groups -OCH3 is 1. The zero-order valence-corrected chi connectivity index (χ0v) is 13.9. The second kappa shape index (κ2) is 8.44. The van der Waals surface area contributed by atoms with Crippen LogP contribution in [0.4, 0.5) is 0 Å². The van der Waals surface area contributed by atoms with Crippen LogP contribution in [0.1, 0.15) is 11.1 Å². The number of aryl methyl sites for hydroxylation is 1. The number of halogens is 1. The number of benzene rings is 2. The molecule has 2 nitrogen and oxygen atoms in total. The average molecular weight is 322 g/mol. The number of rotatable bonds is 7. The van der Waals surface area contributed by atoms with E-state index in [0.29, 0.717) is 6.61 Å². The molecule has 0 bridgehead atoms. The van der Waals surface area contributed by atoms with Crippen LogP contribution in [0.2, 0.25) is 5.02 Å². The molecule has 0 spiro atoms. The van der Waals surface area contributed by atoms with E-state index in [0.717, 1.165) is 23.7 Å². The van der Waals surface area contributed by atoms with Gasteiger partial charge in [0.15, 0.2) is 0 Å². The molecule has 0 unspecified atom stereocenters. The molecule has 0 atom stereocenters. The Morgan fingerprint density at radius 1 is 1.19 bits per heavy atom. The Bertz CT molecular complexity index is 589. The van der Waals surface area contributed by atoms with Crippen molar-refractivity contribution in [2.24, 2.45) is 0 Å². The summed E-state index contributed by atoms with van der Waals surface area (Å²) in [6.07, 6.45) is 0. The van der Waals surface area contributed by atoms with Gasteiger partial charge in [-0.15, -0.1) is 0 Å². The molecular formula is C17H20ClNOS. The molecule has 0 saturated carbocycles. The number of hydrogen-bond donors (Lipinski definition) is 1. The summed E-state index contributed by atoms with van der Waals surface area (Å²) in [5.74, 6) is 0. The van der Waals surface area contributed by atoms with Crippen LogP contribution in [0.25, 0.3) is 0 Å². The van der Waals surface area contributed by atoms with Crippen molar-refractivity contribution in [3.63, 3.8) is 0 Å². The predicted octanol–water partition coefficient (Wildman–Crippen LogP) is 4.54. The number of ether oxygens (including phenoxy) is 1. The summed E-state index contributed by atoms with van der Waals surface area (Å²) >= 11 is 8.11. The molecule has 0 aromatic heterocycles. The van der Waals surface area contributed by atoms with Crippen molar-refractivity contribution < 1.29 is 4.74 Å². The fraction of sp³-hybridized carbons (Fsp3) is 0.294. The highest BCUT2D eigenvalue weighted by Gasteiger charge is 2.08. The lowest BCUT2D eigenvalue weighted by Crippen LogP contribution is -2.19. The third-order valence-electron chi connectivity index (χ3n) is 3.08. The van der Waals surface area contributed by atoms with Crippen molar-refractivity contribution in [2.75, 3.05) is 20.3 Å². The van der Waals surface area contributed by atoms with Crippen LogP contribution in [0.15, 0.2) is 52.3 Å². The van der Waals surface area contributed by atoms with Crippen molar-refractivity contribution in [1.29, 1.82) is 0 Å². The topological polar surface area (TPSA) is 21.3 Å². The highest BCUT2D eigenvalue weighted by molar-refractivity contribution is 7.99. The Morgan fingerprint density at radius 3 is 2.76 bits per heavy atom. The van der Waals surface area contributed by atoms with Crippen molar-refractivity contribution in [3.8, 4) is 0 Å². The van der Waals surface area contributed by atoms with E-state index < -0.39 is 0 Å². The van der Waals surface area contributed by atoms with Crippen LogP contribution in [0, 0.1) is 6.92 Å². The van der Waals surface area contributed by atoms with E-state index in [4.69, 9.17) is 16.3 Å². The van der Waals surface area contributed by atoms with Crippen LogP contribution >= 0.6 is 23.4 Å². The molecule has 2 aromatic rings. The molecule has 4 heteroatoms. The molecule has 0 aliphatic heterocycles. The van der Waals surface area contributed by atoms with Gasteiger partial charge in [-0.05, 0) is 36.8 Å². The molecule has 0 fully saturated rings. The smallest absolute Gasteiger partial charge is 0.0587 e. The Labute approximate surface area is 135 Å². The first-order valence-electron chi connectivity index (χ1n) is 6.92. The molecule has 0 heterocycles. The quantitative estimate of drug-likeness (QED) is 0.757. The average Bonchev–Trinajstić information content (AvgIpc) is 2.46. The van der Waals surface area contributed by atoms with Gasteiger partial charge in [0.1, 0.15) is 0 Å². The molecule has 21 heavy (non-hydrogen) atoms. The van der Waals surface area contributed by atoms with Gasteiger partial charge < -0.3 is 10.1 Å². The largest absolute Gasteiger partial charge is 0.383 e. The lowest BCUT2D eigenvalue weighted by Gasteiger charge is -2.12. The summed E-state index contributed by atoms with van der Waals surface area (Å²) in [5.41, 5.74) is 2.41. The fourth-order valence-corrected chi connectivity index (χ4v) is 3.39. The third kappa shape index (κ3) is 5.04. The zero-order valence-electron chi connectivity index (χ0n) is 12.4. The highest BCUT2D eigenvalue weighted by Crippen LogP contribution is 2.34. The van der Waals surface area contributed by atoms with Gasteiger partial charge in [-0.3, -0.25) is 0 Å². The molecule has 2 aromatic carbocycles. The fourth-order valence-electron chi connectivity index (χ4n) is 2.00. The zero-order chi connectivity index (χ0) is 15.1. The molecule has 0 saturated heterocycles. The SMILES string of the molecule is COCCNCc1c(Cl)cccc1Sc1cccc(C)c1. The summed E-state index contributed by atoms with van der Waals surface area (Å²) in [6, 6.07) is 14.6. The first kappa shape index (κ1) is 16.4. The lowest BCUT2D eigenvalue weighted by atomic mass is 10.2. The van der Waals surface area contributed by atoms with E-state index in [9.17, 15) is 0 Å². The maximum atomic E-state index is 6.36. The van der Waals surface area contributed by atoms with E-state index in [1.807, 2.05) is 12.1 Å². The molecular weight excluding hydrogens is 302 g/mol. The van der Waals surface area contributed by atoms with Gasteiger partial charge in [0.2, 0.25) is 0 Å². The first-order chi connectivity index (χ1) is 10.2. The van der Waals surface area contributed by atoms with Gasteiger partial charge in [-0.2, -0.15) is 0 Å². The van der Waals surface area contributed by atoms with E-state index >= 15 is 0 Å².